The van der Waals surface area contributed by atoms with E-state index in [-0.39, 0.29) is 30.0 Å². The Labute approximate surface area is 194 Å². The molecule has 0 fully saturated rings. The summed E-state index contributed by atoms with van der Waals surface area (Å²) in [5.74, 6) is -0.746. The molecular weight excluding hydrogens is 436 g/mol. The number of benzene rings is 3. The predicted molar refractivity (Wildman–Crippen MR) is 128 cm³/mol. The second-order valence-electron chi connectivity index (χ2n) is 7.27. The highest BCUT2D eigenvalue weighted by molar-refractivity contribution is 6.09. The predicted octanol–water partition coefficient (Wildman–Crippen LogP) is 4.10. The second-order valence-corrected chi connectivity index (χ2v) is 7.27. The lowest BCUT2D eigenvalue weighted by Crippen LogP contribution is -2.09. The molecule has 0 saturated carbocycles. The van der Waals surface area contributed by atoms with Crippen molar-refractivity contribution in [1.29, 1.82) is 0 Å². The van der Waals surface area contributed by atoms with Crippen molar-refractivity contribution in [3.05, 3.63) is 106 Å². The first-order valence-corrected chi connectivity index (χ1v) is 10.2. The molecule has 0 aliphatic heterocycles. The van der Waals surface area contributed by atoms with E-state index < -0.39 is 10.6 Å². The first-order chi connectivity index (χ1) is 16.4. The average molecular weight is 456 g/mol. The van der Waals surface area contributed by atoms with Crippen LogP contribution in [0.4, 0.5) is 28.8 Å². The van der Waals surface area contributed by atoms with Crippen LogP contribution in [-0.4, -0.2) is 20.7 Å². The van der Waals surface area contributed by atoms with Crippen molar-refractivity contribution in [2.45, 2.75) is 6.61 Å². The van der Waals surface area contributed by atoms with Crippen molar-refractivity contribution in [3.8, 4) is 5.88 Å². The van der Waals surface area contributed by atoms with E-state index in [4.69, 9.17) is 16.2 Å². The molecule has 1 heterocycles. The Kier molecular flexibility index (Phi) is 6.31. The van der Waals surface area contributed by atoms with Crippen LogP contribution in [0.25, 0.3) is 0 Å². The number of anilines is 4. The number of nitro groups is 1. The summed E-state index contributed by atoms with van der Waals surface area (Å²) in [6.07, 6.45) is 0. The van der Waals surface area contributed by atoms with E-state index >= 15 is 0 Å². The van der Waals surface area contributed by atoms with Gasteiger partial charge in [-0.15, -0.1) is 0 Å². The molecule has 4 rings (SSSR count). The monoisotopic (exact) mass is 456 g/mol. The molecular formula is C24H20N6O4. The van der Waals surface area contributed by atoms with Crippen molar-refractivity contribution in [3.63, 3.8) is 0 Å². The van der Waals surface area contributed by atoms with Crippen molar-refractivity contribution in [2.24, 2.45) is 0 Å². The normalized spacial score (nSPS) is 10.5. The zero-order valence-corrected chi connectivity index (χ0v) is 17.8. The Morgan fingerprint density at radius 3 is 2.15 bits per heavy atom. The van der Waals surface area contributed by atoms with Gasteiger partial charge in [0.15, 0.2) is 5.78 Å². The number of ketones is 1. The third-order valence-electron chi connectivity index (χ3n) is 4.85. The van der Waals surface area contributed by atoms with Crippen LogP contribution in [0.2, 0.25) is 0 Å². The van der Waals surface area contributed by atoms with E-state index in [0.29, 0.717) is 22.5 Å². The zero-order valence-electron chi connectivity index (χ0n) is 17.8. The van der Waals surface area contributed by atoms with E-state index in [2.05, 4.69) is 15.3 Å². The molecule has 3 aromatic carbocycles. The summed E-state index contributed by atoms with van der Waals surface area (Å²) < 4.78 is 5.59. The quantitative estimate of drug-likeness (QED) is 0.153. The van der Waals surface area contributed by atoms with Gasteiger partial charge in [-0.05, 0) is 54.1 Å². The maximum Gasteiger partial charge on any atom is 0.373 e. The molecule has 0 unspecified atom stereocenters. The third kappa shape index (κ3) is 5.07. The van der Waals surface area contributed by atoms with Crippen LogP contribution in [-0.2, 0) is 6.61 Å². The van der Waals surface area contributed by atoms with Crippen LogP contribution in [0.1, 0.15) is 21.5 Å². The second kappa shape index (κ2) is 9.65. The molecule has 0 aliphatic rings. The lowest BCUT2D eigenvalue weighted by Gasteiger charge is -2.11. The van der Waals surface area contributed by atoms with Gasteiger partial charge in [-0.3, -0.25) is 14.9 Å². The molecule has 4 aromatic rings. The summed E-state index contributed by atoms with van der Waals surface area (Å²) in [7, 11) is 0. The number of carbonyl (C=O) groups is 1. The highest BCUT2D eigenvalue weighted by Crippen LogP contribution is 2.35. The highest BCUT2D eigenvalue weighted by Gasteiger charge is 2.26. The number of nitrogens with two attached hydrogens (primary N) is 2. The van der Waals surface area contributed by atoms with Crippen LogP contribution in [0.15, 0.2) is 78.9 Å². The summed E-state index contributed by atoms with van der Waals surface area (Å²) in [4.78, 5) is 31.7. The molecule has 0 aliphatic carbocycles. The van der Waals surface area contributed by atoms with E-state index in [1.54, 1.807) is 48.5 Å². The minimum atomic E-state index is -0.638. The Morgan fingerprint density at radius 2 is 1.53 bits per heavy atom. The van der Waals surface area contributed by atoms with Crippen molar-refractivity contribution < 1.29 is 14.5 Å². The molecule has 0 bridgehead atoms. The Morgan fingerprint density at radius 1 is 0.912 bits per heavy atom. The number of nitrogens with one attached hydrogen (secondary N) is 1. The fourth-order valence-corrected chi connectivity index (χ4v) is 3.17. The Bertz CT molecular complexity index is 1330. The van der Waals surface area contributed by atoms with Crippen molar-refractivity contribution in [2.75, 3.05) is 16.8 Å². The highest BCUT2D eigenvalue weighted by atomic mass is 16.6. The lowest BCUT2D eigenvalue weighted by atomic mass is 10.0. The van der Waals surface area contributed by atoms with Gasteiger partial charge in [0.05, 0.1) is 4.92 Å². The zero-order chi connectivity index (χ0) is 24.1. The summed E-state index contributed by atoms with van der Waals surface area (Å²) in [6, 6.07) is 22.2. The van der Waals surface area contributed by atoms with Gasteiger partial charge in [0, 0.05) is 22.5 Å². The maximum absolute atomic E-state index is 12.6. The van der Waals surface area contributed by atoms with Gasteiger partial charge in [0.1, 0.15) is 6.61 Å². The topological polar surface area (TPSA) is 159 Å². The summed E-state index contributed by atoms with van der Waals surface area (Å²) >= 11 is 0. The number of hydrogen-bond donors (Lipinski definition) is 3. The van der Waals surface area contributed by atoms with Gasteiger partial charge in [0.25, 0.3) is 0 Å². The number of rotatable bonds is 8. The van der Waals surface area contributed by atoms with E-state index in [0.717, 1.165) is 5.56 Å². The van der Waals surface area contributed by atoms with Gasteiger partial charge in [-0.25, -0.2) is 0 Å². The van der Waals surface area contributed by atoms with E-state index in [1.807, 2.05) is 30.3 Å². The molecule has 0 amide bonds. The molecule has 0 radical (unpaired) electrons. The third-order valence-corrected chi connectivity index (χ3v) is 4.85. The van der Waals surface area contributed by atoms with Gasteiger partial charge in [-0.1, -0.05) is 30.3 Å². The molecule has 10 heteroatoms. The number of carbonyl (C=O) groups excluding carboxylic acids is 1. The number of hydrogen-bond acceptors (Lipinski definition) is 9. The number of nitrogen functional groups attached to an aromatic ring is 2. The molecule has 0 atom stereocenters. The van der Waals surface area contributed by atoms with Crippen molar-refractivity contribution >= 4 is 34.6 Å². The summed E-state index contributed by atoms with van der Waals surface area (Å²) in [5, 5.41) is 14.7. The van der Waals surface area contributed by atoms with Crippen LogP contribution in [0.3, 0.4) is 0 Å². The molecule has 170 valence electrons. The summed E-state index contributed by atoms with van der Waals surface area (Å²) in [5.41, 5.74) is 13.8. The van der Waals surface area contributed by atoms with Gasteiger partial charge in [0.2, 0.25) is 11.8 Å². The largest absolute Gasteiger partial charge is 0.468 e. The summed E-state index contributed by atoms with van der Waals surface area (Å²) in [6.45, 7) is 0.0690. The van der Waals surface area contributed by atoms with Crippen LogP contribution >= 0.6 is 0 Å². The Hall–Kier alpha value is -4.99. The van der Waals surface area contributed by atoms with Crippen LogP contribution < -0.4 is 21.5 Å². The lowest BCUT2D eigenvalue weighted by molar-refractivity contribution is -0.385. The number of aromatic nitrogens is 2. The smallest absolute Gasteiger partial charge is 0.373 e. The van der Waals surface area contributed by atoms with E-state index in [1.165, 1.54) is 0 Å². The van der Waals surface area contributed by atoms with Gasteiger partial charge >= 0.3 is 11.6 Å². The first kappa shape index (κ1) is 22.2. The minimum absolute atomic E-state index is 0.0690. The first-order valence-electron chi connectivity index (χ1n) is 10.2. The van der Waals surface area contributed by atoms with Gasteiger partial charge < -0.3 is 21.5 Å². The standard InChI is InChI=1S/C24H20N6O4/c25-18-10-6-16(7-11-18)21(31)17-8-12-19(13-9-17)27-22-20(30(32)33)23(29-24(26)28-22)34-14-15-4-2-1-3-5-15/h1-13H,14,25H2,(H3,26,27,28,29). The molecule has 1 aromatic heterocycles. The number of ether oxygens (including phenoxy) is 1. The number of nitrogens with zero attached hydrogens (tertiary/aromatic N) is 3. The molecule has 5 N–H and O–H groups in total. The van der Waals surface area contributed by atoms with Crippen molar-refractivity contribution in [1.82, 2.24) is 9.97 Å². The SMILES string of the molecule is Nc1ccc(C(=O)c2ccc(Nc3nc(N)nc(OCc4ccccc4)c3[N+](=O)[O-])cc2)cc1. The fourth-order valence-electron chi connectivity index (χ4n) is 3.17. The maximum atomic E-state index is 12.6. The van der Waals surface area contributed by atoms with Crippen LogP contribution in [0, 0.1) is 10.1 Å². The molecule has 34 heavy (non-hydrogen) atoms. The molecule has 10 nitrogen and oxygen atoms in total. The average Bonchev–Trinajstić information content (AvgIpc) is 2.83. The fraction of sp³-hybridized carbons (Fsp3) is 0.0417. The molecule has 0 spiro atoms. The Balaban J connectivity index is 1.56. The van der Waals surface area contributed by atoms with Crippen LogP contribution in [0.5, 0.6) is 5.88 Å². The minimum Gasteiger partial charge on any atom is -0.468 e. The molecule has 0 saturated heterocycles. The van der Waals surface area contributed by atoms with E-state index in [9.17, 15) is 14.9 Å². The van der Waals surface area contributed by atoms with Gasteiger partial charge in [-0.2, -0.15) is 9.97 Å².